The molecule has 118 valence electrons. The molecule has 0 saturated heterocycles. The number of hydrogen-bond acceptors (Lipinski definition) is 5. The van der Waals surface area contributed by atoms with Crippen LogP contribution in [0, 0.1) is 20.8 Å². The Bertz CT molecular complexity index is 670. The van der Waals surface area contributed by atoms with E-state index in [4.69, 9.17) is 5.73 Å². The first-order valence-electron chi connectivity index (χ1n) is 7.57. The normalized spacial score (nSPS) is 12.2. The molecule has 0 amide bonds. The van der Waals surface area contributed by atoms with Crippen LogP contribution < -0.4 is 11.1 Å². The van der Waals surface area contributed by atoms with Gasteiger partial charge in [0, 0.05) is 23.8 Å². The summed E-state index contributed by atoms with van der Waals surface area (Å²) < 4.78 is 0. The van der Waals surface area contributed by atoms with Crippen molar-refractivity contribution in [1.82, 2.24) is 9.97 Å². The van der Waals surface area contributed by atoms with Crippen molar-refractivity contribution in [1.29, 1.82) is 0 Å². The monoisotopic (exact) mass is 300 g/mol. The van der Waals surface area contributed by atoms with Crippen molar-refractivity contribution in [3.8, 4) is 17.1 Å². The summed E-state index contributed by atoms with van der Waals surface area (Å²) in [6, 6.07) is 5.51. The van der Waals surface area contributed by atoms with E-state index in [0.29, 0.717) is 17.9 Å². The maximum absolute atomic E-state index is 10.1. The lowest BCUT2D eigenvalue weighted by molar-refractivity contribution is 0.476. The van der Waals surface area contributed by atoms with Crippen LogP contribution in [0.4, 0.5) is 5.82 Å². The molecule has 4 N–H and O–H groups in total. The quantitative estimate of drug-likeness (QED) is 0.790. The van der Waals surface area contributed by atoms with Crippen LogP contribution in [0.25, 0.3) is 11.4 Å². The van der Waals surface area contributed by atoms with Crippen molar-refractivity contribution in [2.45, 2.75) is 40.2 Å². The van der Waals surface area contributed by atoms with Gasteiger partial charge in [0.15, 0.2) is 5.82 Å². The molecule has 2 rings (SSSR count). The lowest BCUT2D eigenvalue weighted by Gasteiger charge is -2.15. The zero-order chi connectivity index (χ0) is 16.3. The summed E-state index contributed by atoms with van der Waals surface area (Å²) in [5.41, 5.74) is 9.54. The Morgan fingerprint density at radius 3 is 2.64 bits per heavy atom. The number of aryl methyl sites for hydroxylation is 2. The fourth-order valence-electron chi connectivity index (χ4n) is 2.12. The summed E-state index contributed by atoms with van der Waals surface area (Å²) in [6.45, 7) is 8.62. The van der Waals surface area contributed by atoms with Crippen molar-refractivity contribution in [3.05, 3.63) is 35.0 Å². The van der Waals surface area contributed by atoms with Gasteiger partial charge in [-0.25, -0.2) is 9.97 Å². The first-order valence-corrected chi connectivity index (χ1v) is 7.57. The Balaban J connectivity index is 2.41. The summed E-state index contributed by atoms with van der Waals surface area (Å²) in [7, 11) is 0. The van der Waals surface area contributed by atoms with Gasteiger partial charge in [0.1, 0.15) is 11.6 Å². The highest BCUT2D eigenvalue weighted by Crippen LogP contribution is 2.29. The molecule has 1 heterocycles. The molecule has 0 radical (unpaired) electrons. The van der Waals surface area contributed by atoms with E-state index in [0.717, 1.165) is 29.1 Å². The van der Waals surface area contributed by atoms with E-state index >= 15 is 0 Å². The van der Waals surface area contributed by atoms with Crippen LogP contribution in [0.3, 0.4) is 0 Å². The highest BCUT2D eigenvalue weighted by Gasteiger charge is 2.13. The van der Waals surface area contributed by atoms with Gasteiger partial charge in [0.05, 0.1) is 5.56 Å². The topological polar surface area (TPSA) is 84.1 Å². The van der Waals surface area contributed by atoms with E-state index in [1.165, 1.54) is 0 Å². The molecule has 0 spiro atoms. The standard InChI is InChI=1S/C17H24N4O/c1-5-13(18)9-19-16-11(3)12(4)20-17(21-16)14-8-10(2)6-7-15(14)22/h6-8,13,22H,5,9,18H2,1-4H3,(H,19,20,21). The molecule has 0 bridgehead atoms. The van der Waals surface area contributed by atoms with Gasteiger partial charge < -0.3 is 16.2 Å². The smallest absolute Gasteiger partial charge is 0.165 e. The van der Waals surface area contributed by atoms with E-state index in [1.807, 2.05) is 32.9 Å². The largest absolute Gasteiger partial charge is 0.507 e. The Hall–Kier alpha value is -2.14. The molecule has 5 heteroatoms. The van der Waals surface area contributed by atoms with Gasteiger partial charge in [0.2, 0.25) is 0 Å². The molecule has 0 fully saturated rings. The SMILES string of the molecule is CCC(N)CNc1nc(-c2cc(C)ccc2O)nc(C)c1C. The minimum atomic E-state index is 0.0884. The summed E-state index contributed by atoms with van der Waals surface area (Å²) in [4.78, 5) is 9.08. The van der Waals surface area contributed by atoms with Crippen molar-refractivity contribution in [2.75, 3.05) is 11.9 Å². The van der Waals surface area contributed by atoms with Gasteiger partial charge in [0.25, 0.3) is 0 Å². The number of rotatable bonds is 5. The molecule has 1 atom stereocenters. The molecule has 5 nitrogen and oxygen atoms in total. The Morgan fingerprint density at radius 2 is 1.95 bits per heavy atom. The van der Waals surface area contributed by atoms with Gasteiger partial charge in [-0.15, -0.1) is 0 Å². The molecule has 0 saturated carbocycles. The van der Waals surface area contributed by atoms with Crippen molar-refractivity contribution in [2.24, 2.45) is 5.73 Å². The summed E-state index contributed by atoms with van der Waals surface area (Å²) in [5.74, 6) is 1.48. The number of benzene rings is 1. The van der Waals surface area contributed by atoms with E-state index in [2.05, 4.69) is 22.2 Å². The summed E-state index contributed by atoms with van der Waals surface area (Å²) in [6.07, 6.45) is 0.904. The molecule has 22 heavy (non-hydrogen) atoms. The molecule has 1 aromatic heterocycles. The predicted molar refractivity (Wildman–Crippen MR) is 90.1 cm³/mol. The van der Waals surface area contributed by atoms with E-state index in [-0.39, 0.29) is 11.8 Å². The van der Waals surface area contributed by atoms with Crippen LogP contribution in [0.5, 0.6) is 5.75 Å². The fraction of sp³-hybridized carbons (Fsp3) is 0.412. The number of phenolic OH excluding ortho intramolecular Hbond substituents is 1. The fourth-order valence-corrected chi connectivity index (χ4v) is 2.12. The maximum atomic E-state index is 10.1. The second-order valence-corrected chi connectivity index (χ2v) is 5.68. The summed E-state index contributed by atoms with van der Waals surface area (Å²) in [5, 5.41) is 13.4. The number of anilines is 1. The lowest BCUT2D eigenvalue weighted by Crippen LogP contribution is -2.28. The number of aromatic hydroxyl groups is 1. The number of nitrogens with one attached hydrogen (secondary N) is 1. The maximum Gasteiger partial charge on any atom is 0.165 e. The lowest BCUT2D eigenvalue weighted by atomic mass is 10.1. The third kappa shape index (κ3) is 3.54. The second kappa shape index (κ2) is 6.75. The molecular weight excluding hydrogens is 276 g/mol. The minimum Gasteiger partial charge on any atom is -0.507 e. The van der Waals surface area contributed by atoms with Gasteiger partial charge in [-0.2, -0.15) is 0 Å². The van der Waals surface area contributed by atoms with Crippen LogP contribution in [0.15, 0.2) is 18.2 Å². The molecule has 1 unspecified atom stereocenters. The van der Waals surface area contributed by atoms with Gasteiger partial charge in [-0.3, -0.25) is 0 Å². The molecule has 0 aliphatic heterocycles. The van der Waals surface area contributed by atoms with E-state index in [9.17, 15) is 5.11 Å². The molecular formula is C17H24N4O. The second-order valence-electron chi connectivity index (χ2n) is 5.68. The zero-order valence-corrected chi connectivity index (χ0v) is 13.6. The van der Waals surface area contributed by atoms with Crippen LogP contribution in [0.2, 0.25) is 0 Å². The van der Waals surface area contributed by atoms with Crippen LogP contribution >= 0.6 is 0 Å². The number of aromatic nitrogens is 2. The number of phenols is 1. The first kappa shape index (κ1) is 16.2. The number of hydrogen-bond donors (Lipinski definition) is 3. The van der Waals surface area contributed by atoms with Crippen molar-refractivity contribution in [3.63, 3.8) is 0 Å². The average molecular weight is 300 g/mol. The first-order chi connectivity index (χ1) is 10.4. The molecule has 0 aliphatic carbocycles. The van der Waals surface area contributed by atoms with Crippen molar-refractivity contribution >= 4 is 5.82 Å². The Morgan fingerprint density at radius 1 is 1.23 bits per heavy atom. The molecule has 0 aliphatic rings. The zero-order valence-electron chi connectivity index (χ0n) is 13.6. The van der Waals surface area contributed by atoms with Crippen LogP contribution in [-0.4, -0.2) is 27.7 Å². The highest BCUT2D eigenvalue weighted by molar-refractivity contribution is 5.66. The molecule has 1 aromatic carbocycles. The van der Waals surface area contributed by atoms with Gasteiger partial charge in [-0.1, -0.05) is 18.6 Å². The third-order valence-electron chi connectivity index (χ3n) is 3.84. The van der Waals surface area contributed by atoms with Gasteiger partial charge in [-0.05, 0) is 39.3 Å². The minimum absolute atomic E-state index is 0.0884. The highest BCUT2D eigenvalue weighted by atomic mass is 16.3. The van der Waals surface area contributed by atoms with Crippen LogP contribution in [0.1, 0.15) is 30.2 Å². The van der Waals surface area contributed by atoms with E-state index in [1.54, 1.807) is 6.07 Å². The van der Waals surface area contributed by atoms with E-state index < -0.39 is 0 Å². The number of nitrogens with zero attached hydrogens (tertiary/aromatic N) is 2. The van der Waals surface area contributed by atoms with Gasteiger partial charge >= 0.3 is 0 Å². The number of nitrogens with two attached hydrogens (primary N) is 1. The van der Waals surface area contributed by atoms with Crippen LogP contribution in [-0.2, 0) is 0 Å². The predicted octanol–water partition coefficient (Wildman–Crippen LogP) is 2.92. The summed E-state index contributed by atoms with van der Waals surface area (Å²) >= 11 is 0. The Labute approximate surface area is 131 Å². The Kier molecular flexibility index (Phi) is 4.98. The average Bonchev–Trinajstić information content (AvgIpc) is 2.50. The van der Waals surface area contributed by atoms with Crippen molar-refractivity contribution < 1.29 is 5.11 Å². The third-order valence-corrected chi connectivity index (χ3v) is 3.84. The molecule has 2 aromatic rings.